The van der Waals surface area contributed by atoms with Gasteiger partial charge in [0.05, 0.1) is 6.10 Å². The molecular weight excluding hydrogens is 264 g/mol. The van der Waals surface area contributed by atoms with E-state index in [0.29, 0.717) is 12.5 Å². The van der Waals surface area contributed by atoms with Crippen molar-refractivity contribution < 1.29 is 5.11 Å². The third kappa shape index (κ3) is 5.87. The normalized spacial score (nSPS) is 12.5. The molecule has 1 aromatic rings. The van der Waals surface area contributed by atoms with Crippen LogP contribution in [0.5, 0.6) is 0 Å². The maximum Gasteiger partial charge on any atom is 0.133 e. The van der Waals surface area contributed by atoms with Crippen LogP contribution in [0, 0.1) is 5.92 Å². The van der Waals surface area contributed by atoms with Gasteiger partial charge >= 0.3 is 0 Å². The smallest absolute Gasteiger partial charge is 0.133 e. The predicted molar refractivity (Wildman–Crippen MR) is 88.8 cm³/mol. The van der Waals surface area contributed by atoms with E-state index in [-0.39, 0.29) is 6.10 Å². The Morgan fingerprint density at radius 1 is 1.05 bits per heavy atom. The highest BCUT2D eigenvalue weighted by atomic mass is 16.3. The fourth-order valence-corrected chi connectivity index (χ4v) is 2.40. The average Bonchev–Trinajstić information content (AvgIpc) is 2.47. The van der Waals surface area contributed by atoms with Gasteiger partial charge in [0.2, 0.25) is 0 Å². The van der Waals surface area contributed by atoms with E-state index in [1.807, 2.05) is 13.0 Å². The van der Waals surface area contributed by atoms with Gasteiger partial charge in [0.15, 0.2) is 0 Å². The van der Waals surface area contributed by atoms with Crippen LogP contribution in [-0.2, 0) is 6.42 Å². The molecule has 1 unspecified atom stereocenters. The molecule has 0 aliphatic heterocycles. The van der Waals surface area contributed by atoms with Crippen LogP contribution in [-0.4, -0.2) is 34.3 Å². The molecule has 1 heterocycles. The van der Waals surface area contributed by atoms with Crippen molar-refractivity contribution in [2.24, 2.45) is 5.92 Å². The monoisotopic (exact) mass is 294 g/mol. The lowest BCUT2D eigenvalue weighted by atomic mass is 9.97. The molecular formula is C16H30N4O. The van der Waals surface area contributed by atoms with E-state index in [1.165, 1.54) is 0 Å². The first-order valence-electron chi connectivity index (χ1n) is 8.18. The molecule has 3 N–H and O–H groups in total. The lowest BCUT2D eigenvalue weighted by Crippen LogP contribution is -2.28. The number of rotatable bonds is 10. The van der Waals surface area contributed by atoms with Crippen LogP contribution in [0.15, 0.2) is 6.07 Å². The zero-order chi connectivity index (χ0) is 15.7. The van der Waals surface area contributed by atoms with Crippen LogP contribution in [0.1, 0.15) is 52.8 Å². The van der Waals surface area contributed by atoms with Crippen molar-refractivity contribution in [1.29, 1.82) is 0 Å². The minimum atomic E-state index is -0.341. The molecule has 0 fully saturated rings. The lowest BCUT2D eigenvalue weighted by Gasteiger charge is -2.21. The highest BCUT2D eigenvalue weighted by Gasteiger charge is 2.15. The summed E-state index contributed by atoms with van der Waals surface area (Å²) in [6.45, 7) is 9.76. The number of hydrogen-bond donors (Lipinski definition) is 3. The topological polar surface area (TPSA) is 70.1 Å². The Bertz CT molecular complexity index is 383. The van der Waals surface area contributed by atoms with Crippen LogP contribution in [0.3, 0.4) is 0 Å². The molecule has 0 bridgehead atoms. The van der Waals surface area contributed by atoms with Crippen LogP contribution in [0.4, 0.5) is 11.6 Å². The van der Waals surface area contributed by atoms with Gasteiger partial charge in [-0.3, -0.25) is 0 Å². The Hall–Kier alpha value is -1.36. The summed E-state index contributed by atoms with van der Waals surface area (Å²) in [5, 5.41) is 16.7. The maximum atomic E-state index is 10.2. The molecule has 0 spiro atoms. The molecule has 1 rings (SSSR count). The maximum absolute atomic E-state index is 10.2. The second kappa shape index (κ2) is 9.55. The van der Waals surface area contributed by atoms with E-state index in [1.54, 1.807) is 0 Å². The molecule has 5 heteroatoms. The molecule has 21 heavy (non-hydrogen) atoms. The molecule has 0 saturated heterocycles. The van der Waals surface area contributed by atoms with E-state index in [9.17, 15) is 5.11 Å². The van der Waals surface area contributed by atoms with Crippen LogP contribution >= 0.6 is 0 Å². The first-order chi connectivity index (χ1) is 10.1. The van der Waals surface area contributed by atoms with Crippen LogP contribution in [0.2, 0.25) is 0 Å². The average molecular weight is 294 g/mol. The highest BCUT2D eigenvalue weighted by molar-refractivity contribution is 5.47. The summed E-state index contributed by atoms with van der Waals surface area (Å²) in [7, 11) is 0. The molecule has 0 amide bonds. The molecule has 5 nitrogen and oxygen atoms in total. The van der Waals surface area contributed by atoms with E-state index in [2.05, 4.69) is 41.4 Å². The Balaban J connectivity index is 2.72. The van der Waals surface area contributed by atoms with Gasteiger partial charge in [-0.25, -0.2) is 9.97 Å². The second-order valence-electron chi connectivity index (χ2n) is 5.36. The third-order valence-corrected chi connectivity index (χ3v) is 3.69. The molecule has 0 aliphatic rings. The number of aliphatic hydroxyl groups excluding tert-OH is 1. The first kappa shape index (κ1) is 17.7. The molecule has 0 saturated carbocycles. The van der Waals surface area contributed by atoms with Crippen molar-refractivity contribution in [3.8, 4) is 0 Å². The van der Waals surface area contributed by atoms with Gasteiger partial charge < -0.3 is 15.7 Å². The van der Waals surface area contributed by atoms with Crippen LogP contribution in [0.25, 0.3) is 0 Å². The fourth-order valence-electron chi connectivity index (χ4n) is 2.40. The van der Waals surface area contributed by atoms with Gasteiger partial charge in [0.25, 0.3) is 0 Å². The Labute approximate surface area is 128 Å². The van der Waals surface area contributed by atoms with Gasteiger partial charge in [0, 0.05) is 25.6 Å². The number of nitrogens with one attached hydrogen (secondary N) is 2. The summed E-state index contributed by atoms with van der Waals surface area (Å²) < 4.78 is 0. The van der Waals surface area contributed by atoms with Gasteiger partial charge in [-0.2, -0.15) is 0 Å². The Kier molecular flexibility index (Phi) is 8.05. The Morgan fingerprint density at radius 2 is 1.67 bits per heavy atom. The van der Waals surface area contributed by atoms with Gasteiger partial charge in [-0.05, 0) is 19.3 Å². The number of aryl methyl sites for hydroxylation is 1. The number of aliphatic hydroxyl groups is 1. The van der Waals surface area contributed by atoms with E-state index < -0.39 is 0 Å². The lowest BCUT2D eigenvalue weighted by molar-refractivity contribution is 0.114. The third-order valence-electron chi connectivity index (χ3n) is 3.69. The van der Waals surface area contributed by atoms with Crippen molar-refractivity contribution in [1.82, 2.24) is 9.97 Å². The van der Waals surface area contributed by atoms with Crippen molar-refractivity contribution in [3.63, 3.8) is 0 Å². The standard InChI is InChI=1S/C16H30N4O/c1-5-9-14-19-15(17-8-4)10-16(20-14)18-11-13(21)12(6-2)7-3/h10,12-13,21H,5-9,11H2,1-4H3,(H2,17,18,19,20). The number of hydrogen-bond acceptors (Lipinski definition) is 5. The minimum Gasteiger partial charge on any atom is -0.391 e. The summed E-state index contributed by atoms with van der Waals surface area (Å²) in [5.74, 6) is 2.81. The first-order valence-corrected chi connectivity index (χ1v) is 8.18. The van der Waals surface area contributed by atoms with Crippen molar-refractivity contribution in [2.75, 3.05) is 23.7 Å². The van der Waals surface area contributed by atoms with Crippen LogP contribution < -0.4 is 10.6 Å². The quantitative estimate of drug-likeness (QED) is 0.618. The zero-order valence-electron chi connectivity index (χ0n) is 13.8. The number of anilines is 2. The number of aromatic nitrogens is 2. The highest BCUT2D eigenvalue weighted by Crippen LogP contribution is 2.16. The van der Waals surface area contributed by atoms with Crippen molar-refractivity contribution in [3.05, 3.63) is 11.9 Å². The van der Waals surface area contributed by atoms with E-state index in [0.717, 1.165) is 49.7 Å². The van der Waals surface area contributed by atoms with Crippen molar-refractivity contribution >= 4 is 11.6 Å². The van der Waals surface area contributed by atoms with E-state index >= 15 is 0 Å². The molecule has 1 atom stereocenters. The largest absolute Gasteiger partial charge is 0.391 e. The minimum absolute atomic E-state index is 0.336. The zero-order valence-corrected chi connectivity index (χ0v) is 13.8. The summed E-state index contributed by atoms with van der Waals surface area (Å²) in [6.07, 6.45) is 3.53. The van der Waals surface area contributed by atoms with Crippen molar-refractivity contribution in [2.45, 2.75) is 59.5 Å². The Morgan fingerprint density at radius 3 is 2.19 bits per heavy atom. The van der Waals surface area contributed by atoms with Gasteiger partial charge in [-0.15, -0.1) is 0 Å². The fraction of sp³-hybridized carbons (Fsp3) is 0.750. The molecule has 1 aromatic heterocycles. The molecule has 0 aromatic carbocycles. The number of nitrogens with zero attached hydrogens (tertiary/aromatic N) is 2. The SMILES string of the molecule is CCCc1nc(NCC)cc(NCC(O)C(CC)CC)n1. The molecule has 0 aliphatic carbocycles. The summed E-state index contributed by atoms with van der Waals surface area (Å²) in [6, 6.07) is 1.91. The summed E-state index contributed by atoms with van der Waals surface area (Å²) in [4.78, 5) is 9.00. The van der Waals surface area contributed by atoms with E-state index in [4.69, 9.17) is 0 Å². The summed E-state index contributed by atoms with van der Waals surface area (Å²) in [5.41, 5.74) is 0. The molecule has 120 valence electrons. The van der Waals surface area contributed by atoms with Gasteiger partial charge in [0.1, 0.15) is 17.5 Å². The predicted octanol–water partition coefficient (Wildman–Crippen LogP) is 3.07. The molecule has 0 radical (unpaired) electrons. The van der Waals surface area contributed by atoms with Gasteiger partial charge in [-0.1, -0.05) is 33.6 Å². The summed E-state index contributed by atoms with van der Waals surface area (Å²) >= 11 is 0. The second-order valence-corrected chi connectivity index (χ2v) is 5.36.